The third kappa shape index (κ3) is 5.18. The van der Waals surface area contributed by atoms with Gasteiger partial charge in [0.25, 0.3) is 0 Å². The minimum atomic E-state index is -4.45. The Morgan fingerprint density at radius 1 is 1.42 bits per heavy atom. The molecule has 3 N–H and O–H groups in total. The quantitative estimate of drug-likeness (QED) is 0.663. The summed E-state index contributed by atoms with van der Waals surface area (Å²) in [4.78, 5) is 19.4. The molecule has 7 nitrogen and oxygen atoms in total. The lowest BCUT2D eigenvalue weighted by molar-refractivity contribution is -0.143. The number of methoxy groups -OCH3 is 1. The van der Waals surface area contributed by atoms with E-state index in [0.717, 1.165) is 25.1 Å². The third-order valence-corrected chi connectivity index (χ3v) is 7.40. The molecule has 3 aliphatic rings. The number of nitrogens with zero attached hydrogens (tertiary/aromatic N) is 2. The van der Waals surface area contributed by atoms with Crippen LogP contribution in [-0.4, -0.2) is 67.4 Å². The standard InChI is InChI=1S/C23H33F3N4O3/c1-32-20-14-33-9-4-19(20)29-17-2-5-22(11-17,6-7-27)21(31)30-8-3-18-15(13-30)10-16(12-28-18)23(24,25)26/h10,12,17,19-20,29H,2-9,11,13-14,27H2,1H3/t17-,19+,20-,22-/m1/s1. The summed E-state index contributed by atoms with van der Waals surface area (Å²) in [6, 6.07) is 1.47. The van der Waals surface area contributed by atoms with Crippen molar-refractivity contribution in [2.75, 3.05) is 33.4 Å². The first-order valence-corrected chi connectivity index (χ1v) is 11.7. The van der Waals surface area contributed by atoms with Crippen LogP contribution >= 0.6 is 0 Å². The van der Waals surface area contributed by atoms with Gasteiger partial charge in [0.2, 0.25) is 5.91 Å². The first kappa shape index (κ1) is 24.4. The van der Waals surface area contributed by atoms with Crippen molar-refractivity contribution in [1.82, 2.24) is 15.2 Å². The number of nitrogens with one attached hydrogen (secondary N) is 1. The lowest BCUT2D eigenvalue weighted by Gasteiger charge is -2.38. The number of carbonyl (C=O) groups excluding carboxylic acids is 1. The van der Waals surface area contributed by atoms with Crippen molar-refractivity contribution in [3.63, 3.8) is 0 Å². The summed E-state index contributed by atoms with van der Waals surface area (Å²) >= 11 is 0. The molecule has 0 bridgehead atoms. The molecule has 1 aliphatic carbocycles. The molecule has 4 rings (SSSR count). The van der Waals surface area contributed by atoms with Gasteiger partial charge >= 0.3 is 6.18 Å². The molecule has 10 heteroatoms. The number of hydrogen-bond acceptors (Lipinski definition) is 6. The van der Waals surface area contributed by atoms with E-state index in [1.807, 2.05) is 0 Å². The van der Waals surface area contributed by atoms with Gasteiger partial charge in [0.1, 0.15) is 0 Å². The van der Waals surface area contributed by atoms with Crippen LogP contribution in [0.25, 0.3) is 0 Å². The fourth-order valence-electron chi connectivity index (χ4n) is 5.60. The number of hydrogen-bond donors (Lipinski definition) is 2. The minimum absolute atomic E-state index is 0.00409. The Bertz CT molecular complexity index is 853. The van der Waals surface area contributed by atoms with Crippen molar-refractivity contribution >= 4 is 5.91 Å². The number of fused-ring (bicyclic) bond motifs is 1. The summed E-state index contributed by atoms with van der Waals surface area (Å²) in [7, 11) is 1.68. The lowest BCUT2D eigenvalue weighted by atomic mass is 9.80. The smallest absolute Gasteiger partial charge is 0.379 e. The molecule has 2 fully saturated rings. The number of ether oxygens (including phenoxy) is 2. The van der Waals surface area contributed by atoms with Gasteiger partial charge < -0.3 is 25.4 Å². The molecule has 1 aromatic rings. The van der Waals surface area contributed by atoms with Crippen molar-refractivity contribution in [3.05, 3.63) is 29.1 Å². The number of aromatic nitrogens is 1. The van der Waals surface area contributed by atoms with Crippen LogP contribution in [0.3, 0.4) is 0 Å². The van der Waals surface area contributed by atoms with Crippen LogP contribution in [0.15, 0.2) is 12.3 Å². The summed E-state index contributed by atoms with van der Waals surface area (Å²) in [6.45, 7) is 2.23. The van der Waals surface area contributed by atoms with Crippen molar-refractivity contribution in [2.24, 2.45) is 11.1 Å². The lowest BCUT2D eigenvalue weighted by Crippen LogP contribution is -2.51. The molecule has 4 atom stereocenters. The number of amides is 1. The molecule has 0 radical (unpaired) electrons. The van der Waals surface area contributed by atoms with Gasteiger partial charge in [-0.3, -0.25) is 9.78 Å². The summed E-state index contributed by atoms with van der Waals surface area (Å²) in [5.74, 6) is -0.00409. The van der Waals surface area contributed by atoms with E-state index < -0.39 is 17.2 Å². The number of nitrogens with two attached hydrogens (primary N) is 1. The van der Waals surface area contributed by atoms with Crippen molar-refractivity contribution in [2.45, 2.75) is 69.4 Å². The second-order valence-corrected chi connectivity index (χ2v) is 9.47. The number of pyridine rings is 1. The minimum Gasteiger partial charge on any atom is -0.379 e. The Labute approximate surface area is 192 Å². The Morgan fingerprint density at radius 2 is 2.24 bits per heavy atom. The molecule has 1 aromatic heterocycles. The highest BCUT2D eigenvalue weighted by molar-refractivity contribution is 5.83. The maximum Gasteiger partial charge on any atom is 0.417 e. The Hall–Kier alpha value is -1.75. The van der Waals surface area contributed by atoms with E-state index in [1.54, 1.807) is 12.0 Å². The van der Waals surface area contributed by atoms with Crippen LogP contribution < -0.4 is 11.1 Å². The van der Waals surface area contributed by atoms with Crippen LogP contribution in [0.4, 0.5) is 13.2 Å². The molecule has 0 spiro atoms. The van der Waals surface area contributed by atoms with Crippen LogP contribution in [-0.2, 0) is 33.4 Å². The Balaban J connectivity index is 1.46. The molecule has 0 unspecified atom stereocenters. The zero-order chi connectivity index (χ0) is 23.6. The second kappa shape index (κ2) is 9.85. The highest BCUT2D eigenvalue weighted by Gasteiger charge is 2.47. The zero-order valence-corrected chi connectivity index (χ0v) is 19.0. The van der Waals surface area contributed by atoms with Crippen molar-refractivity contribution < 1.29 is 27.4 Å². The van der Waals surface area contributed by atoms with Gasteiger partial charge in [-0.2, -0.15) is 13.2 Å². The predicted octanol–water partition coefficient (Wildman–Crippen LogP) is 2.27. The van der Waals surface area contributed by atoms with E-state index in [1.165, 1.54) is 0 Å². The summed E-state index contributed by atoms with van der Waals surface area (Å²) < 4.78 is 50.5. The van der Waals surface area contributed by atoms with Gasteiger partial charge in [0.05, 0.1) is 23.7 Å². The molecule has 184 valence electrons. The second-order valence-electron chi connectivity index (χ2n) is 9.47. The van der Waals surface area contributed by atoms with Gasteiger partial charge in [0.15, 0.2) is 0 Å². The van der Waals surface area contributed by atoms with Gasteiger partial charge in [-0.1, -0.05) is 0 Å². The molecule has 1 saturated heterocycles. The highest BCUT2D eigenvalue weighted by Crippen LogP contribution is 2.44. The average Bonchev–Trinajstić information content (AvgIpc) is 3.21. The maximum absolute atomic E-state index is 13.7. The fraction of sp³-hybridized carbons (Fsp3) is 0.739. The van der Waals surface area contributed by atoms with Gasteiger partial charge in [-0.25, -0.2) is 0 Å². The number of carbonyl (C=O) groups is 1. The maximum atomic E-state index is 13.7. The molecule has 3 heterocycles. The van der Waals surface area contributed by atoms with Crippen molar-refractivity contribution in [1.29, 1.82) is 0 Å². The first-order valence-electron chi connectivity index (χ1n) is 11.7. The largest absolute Gasteiger partial charge is 0.417 e. The third-order valence-electron chi connectivity index (χ3n) is 7.40. The summed E-state index contributed by atoms with van der Waals surface area (Å²) in [6.07, 6.45) is 0.508. The SMILES string of the molecule is CO[C@@H]1COCC[C@@H]1N[C@@H]1CC[C@](CCN)(C(=O)N2CCc3ncc(C(F)(F)F)cc3C2)C1. The first-order chi connectivity index (χ1) is 15.8. The number of alkyl halides is 3. The van der Waals surface area contributed by atoms with Crippen LogP contribution in [0.5, 0.6) is 0 Å². The Morgan fingerprint density at radius 3 is 2.97 bits per heavy atom. The highest BCUT2D eigenvalue weighted by atomic mass is 19.4. The zero-order valence-electron chi connectivity index (χ0n) is 19.0. The van der Waals surface area contributed by atoms with Gasteiger partial charge in [0, 0.05) is 57.2 Å². The van der Waals surface area contributed by atoms with E-state index in [4.69, 9.17) is 15.2 Å². The average molecular weight is 471 g/mol. The summed E-state index contributed by atoms with van der Waals surface area (Å²) in [5.41, 5.74) is 5.66. The van der Waals surface area contributed by atoms with Crippen LogP contribution in [0.2, 0.25) is 0 Å². The molecule has 33 heavy (non-hydrogen) atoms. The van der Waals surface area contributed by atoms with E-state index in [-0.39, 0.29) is 30.6 Å². The molecule has 1 amide bonds. The van der Waals surface area contributed by atoms with E-state index in [2.05, 4.69) is 10.3 Å². The van der Waals surface area contributed by atoms with Gasteiger partial charge in [-0.15, -0.1) is 0 Å². The Kier molecular flexibility index (Phi) is 7.28. The summed E-state index contributed by atoms with van der Waals surface area (Å²) in [5, 5.41) is 3.68. The monoisotopic (exact) mass is 470 g/mol. The van der Waals surface area contributed by atoms with E-state index in [9.17, 15) is 18.0 Å². The van der Waals surface area contributed by atoms with Crippen molar-refractivity contribution in [3.8, 4) is 0 Å². The molecule has 1 saturated carbocycles. The molecular formula is C23H33F3N4O3. The normalized spacial score (nSPS) is 30.3. The van der Waals surface area contributed by atoms with Crippen LogP contribution in [0.1, 0.15) is 48.9 Å². The number of rotatable bonds is 6. The topological polar surface area (TPSA) is 89.7 Å². The van der Waals surface area contributed by atoms with E-state index in [0.29, 0.717) is 63.2 Å². The predicted molar refractivity (Wildman–Crippen MR) is 115 cm³/mol. The van der Waals surface area contributed by atoms with E-state index >= 15 is 0 Å². The number of halogens is 3. The molecule has 0 aromatic carbocycles. The van der Waals surface area contributed by atoms with Gasteiger partial charge in [-0.05, 0) is 50.3 Å². The molecular weight excluding hydrogens is 437 g/mol. The van der Waals surface area contributed by atoms with Crippen LogP contribution in [0, 0.1) is 5.41 Å². The fourth-order valence-corrected chi connectivity index (χ4v) is 5.60. The molecule has 2 aliphatic heterocycles.